The molecular formula is C27H29N5O2. The number of nitrogens with zero attached hydrogens (tertiary/aromatic N) is 4. The highest BCUT2D eigenvalue weighted by Crippen LogP contribution is 2.24. The first-order valence-electron chi connectivity index (χ1n) is 11.2. The van der Waals surface area contributed by atoms with E-state index in [1.807, 2.05) is 77.7 Å². The summed E-state index contributed by atoms with van der Waals surface area (Å²) in [5, 5.41) is 9.31. The second-order valence-corrected chi connectivity index (χ2v) is 8.01. The molecule has 1 aromatic heterocycles. The van der Waals surface area contributed by atoms with Gasteiger partial charge in [0.25, 0.3) is 0 Å². The summed E-state index contributed by atoms with van der Waals surface area (Å²) in [5.41, 5.74) is 8.29. The van der Waals surface area contributed by atoms with Crippen LogP contribution in [0.5, 0.6) is 0 Å². The lowest BCUT2D eigenvalue weighted by atomic mass is 9.91. The van der Waals surface area contributed by atoms with Crippen LogP contribution in [0, 0.1) is 11.3 Å². The monoisotopic (exact) mass is 455 g/mol. The summed E-state index contributed by atoms with van der Waals surface area (Å²) >= 11 is 0. The fraction of sp³-hybridized carbons (Fsp3) is 0.259. The molecule has 0 aliphatic carbocycles. The third-order valence-electron chi connectivity index (χ3n) is 5.82. The van der Waals surface area contributed by atoms with Crippen molar-refractivity contribution in [3.8, 4) is 6.07 Å². The average Bonchev–Trinajstić information content (AvgIpc) is 2.87. The summed E-state index contributed by atoms with van der Waals surface area (Å²) in [4.78, 5) is 30.7. The lowest BCUT2D eigenvalue weighted by molar-refractivity contribution is -0.130. The number of benzene rings is 2. The van der Waals surface area contributed by atoms with E-state index in [-0.39, 0.29) is 23.8 Å². The van der Waals surface area contributed by atoms with Gasteiger partial charge < -0.3 is 10.6 Å². The summed E-state index contributed by atoms with van der Waals surface area (Å²) in [6, 6.07) is 25.0. The standard InChI is InChI=1S/C14H13NO.C13H16N4O/c15-14(16)13(11-7-3-1-4-8-11)12-9-5-2-6-10-12;1-11(18)16-6-8-17(9-7-16)13(10-14)12-2-4-15-5-3-12/h1-10,13H,(H2,15,16);2-5,13H,6-9H2,1H3. The first-order chi connectivity index (χ1) is 16.5. The minimum atomic E-state index is -0.359. The summed E-state index contributed by atoms with van der Waals surface area (Å²) in [6.45, 7) is 4.44. The molecule has 1 unspecified atom stereocenters. The van der Waals surface area contributed by atoms with E-state index in [1.165, 1.54) is 0 Å². The van der Waals surface area contributed by atoms with Crippen molar-refractivity contribution in [1.82, 2.24) is 14.8 Å². The van der Waals surface area contributed by atoms with Crippen LogP contribution in [-0.4, -0.2) is 52.8 Å². The molecule has 0 saturated carbocycles. The van der Waals surface area contributed by atoms with Gasteiger partial charge >= 0.3 is 0 Å². The molecule has 4 rings (SSSR count). The van der Waals surface area contributed by atoms with E-state index in [2.05, 4.69) is 16.0 Å². The minimum absolute atomic E-state index is 0.104. The van der Waals surface area contributed by atoms with Crippen molar-refractivity contribution in [3.05, 3.63) is 102 Å². The van der Waals surface area contributed by atoms with Gasteiger partial charge in [0, 0.05) is 45.5 Å². The molecule has 0 spiro atoms. The van der Waals surface area contributed by atoms with E-state index >= 15 is 0 Å². The van der Waals surface area contributed by atoms with Crippen LogP contribution in [0.15, 0.2) is 85.2 Å². The smallest absolute Gasteiger partial charge is 0.229 e. The van der Waals surface area contributed by atoms with Crippen LogP contribution in [0.2, 0.25) is 0 Å². The Morgan fingerprint density at radius 2 is 1.35 bits per heavy atom. The second kappa shape index (κ2) is 12.3. The number of nitrogens with two attached hydrogens (primary N) is 1. The van der Waals surface area contributed by atoms with Crippen LogP contribution in [0.25, 0.3) is 0 Å². The van der Waals surface area contributed by atoms with Gasteiger partial charge in [-0.25, -0.2) is 0 Å². The molecule has 1 saturated heterocycles. The predicted octanol–water partition coefficient (Wildman–Crippen LogP) is 3.11. The van der Waals surface area contributed by atoms with E-state index < -0.39 is 0 Å². The number of pyridine rings is 1. The van der Waals surface area contributed by atoms with Crippen molar-refractivity contribution in [3.63, 3.8) is 0 Å². The normalized spacial score (nSPS) is 14.4. The van der Waals surface area contributed by atoms with Gasteiger partial charge in [-0.05, 0) is 28.8 Å². The topological polar surface area (TPSA) is 103 Å². The SMILES string of the molecule is CC(=O)N1CCN(C(C#N)c2ccncc2)CC1.NC(=O)C(c1ccccc1)c1ccccc1. The van der Waals surface area contributed by atoms with Crippen LogP contribution < -0.4 is 5.73 Å². The van der Waals surface area contributed by atoms with Crippen molar-refractivity contribution in [1.29, 1.82) is 5.26 Å². The molecule has 2 heterocycles. The van der Waals surface area contributed by atoms with Crippen LogP contribution in [0.1, 0.15) is 35.6 Å². The molecule has 1 aliphatic heterocycles. The molecule has 2 amide bonds. The van der Waals surface area contributed by atoms with Crippen LogP contribution in [0.4, 0.5) is 0 Å². The van der Waals surface area contributed by atoms with Crippen molar-refractivity contribution in [2.45, 2.75) is 18.9 Å². The number of carbonyl (C=O) groups is 2. The van der Waals surface area contributed by atoms with Gasteiger partial charge in [-0.3, -0.25) is 19.5 Å². The lowest BCUT2D eigenvalue weighted by Crippen LogP contribution is -2.48. The lowest BCUT2D eigenvalue weighted by Gasteiger charge is -2.36. The summed E-state index contributed by atoms with van der Waals surface area (Å²) in [6.07, 6.45) is 3.40. The van der Waals surface area contributed by atoms with E-state index in [4.69, 9.17) is 5.73 Å². The van der Waals surface area contributed by atoms with Gasteiger partial charge in [0.15, 0.2) is 0 Å². The van der Waals surface area contributed by atoms with Gasteiger partial charge in [0.05, 0.1) is 12.0 Å². The molecule has 1 fully saturated rings. The van der Waals surface area contributed by atoms with Gasteiger partial charge in [-0.2, -0.15) is 5.26 Å². The maximum Gasteiger partial charge on any atom is 0.229 e. The number of aromatic nitrogens is 1. The Labute approximate surface area is 200 Å². The van der Waals surface area contributed by atoms with Crippen molar-refractivity contribution in [2.24, 2.45) is 5.73 Å². The van der Waals surface area contributed by atoms with Crippen molar-refractivity contribution >= 4 is 11.8 Å². The van der Waals surface area contributed by atoms with Crippen molar-refractivity contribution < 1.29 is 9.59 Å². The number of hydrogen-bond acceptors (Lipinski definition) is 5. The number of hydrogen-bond donors (Lipinski definition) is 1. The van der Waals surface area contributed by atoms with Gasteiger partial charge in [0.1, 0.15) is 6.04 Å². The summed E-state index contributed by atoms with van der Waals surface area (Å²) < 4.78 is 0. The highest BCUT2D eigenvalue weighted by molar-refractivity contribution is 5.85. The fourth-order valence-electron chi connectivity index (χ4n) is 4.02. The molecule has 34 heavy (non-hydrogen) atoms. The van der Waals surface area contributed by atoms with Crippen LogP contribution in [0.3, 0.4) is 0 Å². The Balaban J connectivity index is 0.000000192. The van der Waals surface area contributed by atoms with Gasteiger partial charge in [-0.15, -0.1) is 0 Å². The zero-order valence-corrected chi connectivity index (χ0v) is 19.2. The maximum atomic E-state index is 11.5. The fourth-order valence-corrected chi connectivity index (χ4v) is 4.02. The second-order valence-electron chi connectivity index (χ2n) is 8.01. The van der Waals surface area contributed by atoms with E-state index in [0.717, 1.165) is 29.8 Å². The number of rotatable bonds is 5. The Kier molecular flexibility index (Phi) is 8.89. The van der Waals surface area contributed by atoms with E-state index in [9.17, 15) is 14.9 Å². The van der Waals surface area contributed by atoms with Crippen LogP contribution >= 0.6 is 0 Å². The average molecular weight is 456 g/mol. The number of nitriles is 1. The zero-order chi connectivity index (χ0) is 24.3. The number of amides is 2. The first-order valence-corrected chi connectivity index (χ1v) is 11.2. The largest absolute Gasteiger partial charge is 0.369 e. The summed E-state index contributed by atoms with van der Waals surface area (Å²) in [5.74, 6) is -0.577. The van der Waals surface area contributed by atoms with Crippen LogP contribution in [-0.2, 0) is 9.59 Å². The molecule has 7 heteroatoms. The molecule has 3 aromatic rings. The highest BCUT2D eigenvalue weighted by Gasteiger charge is 2.25. The Morgan fingerprint density at radius 3 is 1.76 bits per heavy atom. The van der Waals surface area contributed by atoms with E-state index in [0.29, 0.717) is 13.1 Å². The third-order valence-corrected chi connectivity index (χ3v) is 5.82. The Morgan fingerprint density at radius 1 is 0.853 bits per heavy atom. The number of piperazine rings is 1. The Bertz CT molecular complexity index is 1050. The molecule has 1 aliphatic rings. The molecule has 2 N–H and O–H groups in total. The number of carbonyl (C=O) groups excluding carboxylic acids is 2. The van der Waals surface area contributed by atoms with E-state index in [1.54, 1.807) is 19.3 Å². The summed E-state index contributed by atoms with van der Waals surface area (Å²) in [7, 11) is 0. The zero-order valence-electron chi connectivity index (χ0n) is 19.2. The minimum Gasteiger partial charge on any atom is -0.369 e. The predicted molar refractivity (Wildman–Crippen MR) is 130 cm³/mol. The molecule has 2 aromatic carbocycles. The number of primary amides is 1. The van der Waals surface area contributed by atoms with Gasteiger partial charge in [-0.1, -0.05) is 60.7 Å². The molecule has 0 radical (unpaired) electrons. The first kappa shape index (κ1) is 24.6. The molecule has 0 bridgehead atoms. The molecular weight excluding hydrogens is 426 g/mol. The Hall–Kier alpha value is -4.02. The molecule has 7 nitrogen and oxygen atoms in total. The molecule has 1 atom stereocenters. The molecule has 174 valence electrons. The third kappa shape index (κ3) is 6.50. The van der Waals surface area contributed by atoms with Crippen molar-refractivity contribution in [2.75, 3.05) is 26.2 Å². The quantitative estimate of drug-likeness (QED) is 0.637. The maximum absolute atomic E-state index is 11.5. The highest BCUT2D eigenvalue weighted by atomic mass is 16.2. The van der Waals surface area contributed by atoms with Gasteiger partial charge in [0.2, 0.25) is 11.8 Å².